The Labute approximate surface area is 165 Å². The van der Waals surface area contributed by atoms with Crippen LogP contribution in [0.3, 0.4) is 0 Å². The molecule has 0 unspecified atom stereocenters. The summed E-state index contributed by atoms with van der Waals surface area (Å²) in [5.74, 6) is 0. The molecule has 0 fully saturated rings. The molecular formula is C15H18ClN4O3PS2. The molecule has 0 aliphatic heterocycles. The predicted octanol–water partition coefficient (Wildman–Crippen LogP) is 3.87. The van der Waals surface area contributed by atoms with Gasteiger partial charge in [-0.1, -0.05) is 29.8 Å². The molecule has 11 heteroatoms. The highest BCUT2D eigenvalue weighted by Crippen LogP contribution is 2.63. The topological polar surface area (TPSA) is 78.6 Å². The van der Waals surface area contributed by atoms with Crippen LogP contribution in [0.4, 0.5) is 0 Å². The second-order valence-electron chi connectivity index (χ2n) is 4.83. The average molecular weight is 433 g/mol. The molecule has 26 heavy (non-hydrogen) atoms. The number of aromatic nitrogens is 3. The quantitative estimate of drug-likeness (QED) is 0.462. The van der Waals surface area contributed by atoms with Crippen LogP contribution in [0.1, 0.15) is 25.1 Å². The van der Waals surface area contributed by atoms with Crippen molar-refractivity contribution in [1.82, 2.24) is 14.9 Å². The van der Waals surface area contributed by atoms with Crippen LogP contribution in [0.5, 0.6) is 0 Å². The molecule has 0 radical (unpaired) electrons. The van der Waals surface area contributed by atoms with Gasteiger partial charge in [0.1, 0.15) is 5.69 Å². The Bertz CT molecular complexity index is 897. The minimum atomic E-state index is -2.72. The summed E-state index contributed by atoms with van der Waals surface area (Å²) in [6.07, 6.45) is 1.49. The number of nitrogens with zero attached hydrogens (tertiary/aromatic N) is 4. The van der Waals surface area contributed by atoms with Gasteiger partial charge in [0.25, 0.3) is 11.3 Å². The standard InChI is InChI=1S/C15H18ClN4O3PS2/c1-4-22-24(25,23-5-2)26-15-19-18-11(3)14(21)20(15)17-10-12-8-6-7-9-13(12)16/h6-10H,4-5H2,1-3H3/b17-10+. The highest BCUT2D eigenvalue weighted by atomic mass is 35.5. The van der Waals surface area contributed by atoms with Crippen molar-refractivity contribution in [3.63, 3.8) is 0 Å². The normalized spacial score (nSPS) is 12.0. The Morgan fingerprint density at radius 2 is 1.96 bits per heavy atom. The maximum atomic E-state index is 12.5. The minimum absolute atomic E-state index is 0.203. The van der Waals surface area contributed by atoms with E-state index in [0.29, 0.717) is 23.8 Å². The number of hydrogen-bond acceptors (Lipinski definition) is 8. The molecule has 0 bridgehead atoms. The first-order chi connectivity index (χ1) is 12.4. The van der Waals surface area contributed by atoms with E-state index in [1.165, 1.54) is 6.21 Å². The van der Waals surface area contributed by atoms with Crippen LogP contribution >= 0.6 is 28.7 Å². The highest BCUT2D eigenvalue weighted by Gasteiger charge is 2.24. The Balaban J connectivity index is 2.45. The zero-order valence-corrected chi connectivity index (χ0v) is 17.7. The van der Waals surface area contributed by atoms with Gasteiger partial charge in [-0.05, 0) is 38.6 Å². The Kier molecular flexibility index (Phi) is 7.94. The van der Waals surface area contributed by atoms with E-state index in [4.69, 9.17) is 32.5 Å². The van der Waals surface area contributed by atoms with Crippen LogP contribution in [0.2, 0.25) is 5.02 Å². The van der Waals surface area contributed by atoms with Crippen LogP contribution in [0, 0.1) is 6.92 Å². The van der Waals surface area contributed by atoms with Crippen molar-refractivity contribution in [1.29, 1.82) is 0 Å². The molecule has 0 amide bonds. The number of benzene rings is 1. The van der Waals surface area contributed by atoms with E-state index in [1.54, 1.807) is 19.1 Å². The molecule has 1 heterocycles. The summed E-state index contributed by atoms with van der Waals surface area (Å²) in [6.45, 7) is 5.98. The maximum absolute atomic E-state index is 12.5. The Morgan fingerprint density at radius 1 is 1.31 bits per heavy atom. The fourth-order valence-electron chi connectivity index (χ4n) is 1.81. The number of aryl methyl sites for hydroxylation is 1. The molecule has 1 aromatic carbocycles. The lowest BCUT2D eigenvalue weighted by molar-refractivity contribution is 0.280. The maximum Gasteiger partial charge on any atom is 0.296 e. The number of rotatable bonds is 8. The van der Waals surface area contributed by atoms with Crippen molar-refractivity contribution in [2.24, 2.45) is 5.10 Å². The van der Waals surface area contributed by atoms with Crippen LogP contribution in [0.15, 0.2) is 39.3 Å². The Morgan fingerprint density at radius 3 is 2.58 bits per heavy atom. The Hall–Kier alpha value is -1.09. The fourth-order valence-corrected chi connectivity index (χ4v) is 6.41. The van der Waals surface area contributed by atoms with Gasteiger partial charge >= 0.3 is 0 Å². The summed E-state index contributed by atoms with van der Waals surface area (Å²) in [4.78, 5) is 12.5. The fraction of sp³-hybridized carbons (Fsp3) is 0.333. The molecule has 7 nitrogen and oxygen atoms in total. The third-order valence-electron chi connectivity index (χ3n) is 2.95. The molecule has 0 atom stereocenters. The summed E-state index contributed by atoms with van der Waals surface area (Å²) in [5.41, 5.74) is -2.24. The minimum Gasteiger partial charge on any atom is -0.322 e. The average Bonchev–Trinajstić information content (AvgIpc) is 2.59. The smallest absolute Gasteiger partial charge is 0.296 e. The van der Waals surface area contributed by atoms with Gasteiger partial charge in [-0.2, -0.15) is 9.78 Å². The molecule has 0 spiro atoms. The van der Waals surface area contributed by atoms with E-state index in [9.17, 15) is 4.79 Å². The van der Waals surface area contributed by atoms with Gasteiger partial charge in [0.05, 0.1) is 19.4 Å². The molecule has 0 aliphatic rings. The van der Waals surface area contributed by atoms with E-state index in [1.807, 2.05) is 26.0 Å². The predicted molar refractivity (Wildman–Crippen MR) is 109 cm³/mol. The number of halogens is 1. The van der Waals surface area contributed by atoms with Crippen molar-refractivity contribution in [2.75, 3.05) is 13.2 Å². The molecule has 0 aliphatic carbocycles. The van der Waals surface area contributed by atoms with E-state index in [2.05, 4.69) is 15.3 Å². The molecule has 0 saturated heterocycles. The van der Waals surface area contributed by atoms with Crippen LogP contribution in [0.25, 0.3) is 0 Å². The third kappa shape index (κ3) is 5.45. The summed E-state index contributed by atoms with van der Waals surface area (Å²) in [6, 6.07) is 7.16. The second kappa shape index (κ2) is 9.73. The zero-order valence-electron chi connectivity index (χ0n) is 14.5. The molecule has 0 saturated carbocycles. The second-order valence-corrected chi connectivity index (χ2v) is 11.3. The lowest BCUT2D eigenvalue weighted by atomic mass is 10.2. The summed E-state index contributed by atoms with van der Waals surface area (Å²) >= 11 is 12.7. The number of hydrogen-bond donors (Lipinski definition) is 0. The van der Waals surface area contributed by atoms with E-state index < -0.39 is 11.3 Å². The van der Waals surface area contributed by atoms with Crippen LogP contribution < -0.4 is 5.56 Å². The van der Waals surface area contributed by atoms with Crippen molar-refractivity contribution in [3.05, 3.63) is 50.9 Å². The largest absolute Gasteiger partial charge is 0.322 e. The van der Waals surface area contributed by atoms with E-state index >= 15 is 0 Å². The molecule has 2 rings (SSSR count). The SMILES string of the molecule is CCOP(=S)(OCC)Sc1nnc(C)c(=O)n1/N=C/c1ccccc1Cl. The summed E-state index contributed by atoms with van der Waals surface area (Å²) in [5, 5.41) is 12.9. The monoisotopic (exact) mass is 432 g/mol. The molecule has 1 aromatic heterocycles. The van der Waals surface area contributed by atoms with E-state index in [0.717, 1.165) is 16.1 Å². The van der Waals surface area contributed by atoms with Gasteiger partial charge in [-0.3, -0.25) is 4.79 Å². The summed E-state index contributed by atoms with van der Waals surface area (Å²) < 4.78 is 12.3. The van der Waals surface area contributed by atoms with Gasteiger partial charge in [0.15, 0.2) is 0 Å². The lowest BCUT2D eigenvalue weighted by Crippen LogP contribution is -2.23. The molecular weight excluding hydrogens is 415 g/mol. The first kappa shape index (κ1) is 21.2. The van der Waals surface area contributed by atoms with Crippen LogP contribution in [-0.4, -0.2) is 34.3 Å². The molecule has 2 aromatic rings. The van der Waals surface area contributed by atoms with E-state index in [-0.39, 0.29) is 10.9 Å². The van der Waals surface area contributed by atoms with Crippen molar-refractivity contribution < 1.29 is 9.05 Å². The van der Waals surface area contributed by atoms with Gasteiger partial charge in [0, 0.05) is 22.0 Å². The van der Waals surface area contributed by atoms with Crippen LogP contribution in [-0.2, 0) is 20.9 Å². The third-order valence-corrected chi connectivity index (χ3v) is 8.19. The zero-order chi connectivity index (χ0) is 19.2. The first-order valence-electron chi connectivity index (χ1n) is 7.74. The van der Waals surface area contributed by atoms with Gasteiger partial charge < -0.3 is 9.05 Å². The first-order valence-corrected chi connectivity index (χ1v) is 12.2. The van der Waals surface area contributed by atoms with Gasteiger partial charge in [0.2, 0.25) is 5.16 Å². The summed E-state index contributed by atoms with van der Waals surface area (Å²) in [7, 11) is 0. The van der Waals surface area contributed by atoms with Crippen molar-refractivity contribution >= 4 is 46.7 Å². The highest BCUT2D eigenvalue weighted by molar-refractivity contribution is 8.67. The van der Waals surface area contributed by atoms with Crippen molar-refractivity contribution in [2.45, 2.75) is 25.9 Å². The van der Waals surface area contributed by atoms with Gasteiger partial charge in [-0.25, -0.2) is 0 Å². The lowest BCUT2D eigenvalue weighted by Gasteiger charge is -2.19. The van der Waals surface area contributed by atoms with Crippen molar-refractivity contribution in [3.8, 4) is 0 Å². The molecule has 140 valence electrons. The molecule has 0 N–H and O–H groups in total. The van der Waals surface area contributed by atoms with Gasteiger partial charge in [-0.15, -0.1) is 10.2 Å².